The predicted octanol–water partition coefficient (Wildman–Crippen LogP) is 10.1. The molecule has 1 aromatic rings. The first-order valence-electron chi connectivity index (χ1n) is 16.1. The summed E-state index contributed by atoms with van der Waals surface area (Å²) in [5, 5.41) is 0. The molecule has 1 aromatic carbocycles. The molecule has 3 nitrogen and oxygen atoms in total. The third-order valence-electron chi connectivity index (χ3n) is 8.55. The maximum absolute atomic E-state index is 11.6. The fraction of sp³-hybridized carbons (Fsp3) is 0.714. The Morgan fingerprint density at radius 2 is 1.56 bits per heavy atom. The fourth-order valence-corrected chi connectivity index (χ4v) is 5.48. The second-order valence-electron chi connectivity index (χ2n) is 11.8. The van der Waals surface area contributed by atoms with Gasteiger partial charge in [-0.25, -0.2) is 0 Å². The zero-order chi connectivity index (χ0) is 31.0. The van der Waals surface area contributed by atoms with E-state index >= 15 is 0 Å². The molecule has 2 unspecified atom stereocenters. The second kappa shape index (κ2) is 19.4. The van der Waals surface area contributed by atoms with E-state index in [1.807, 2.05) is 13.8 Å². The van der Waals surface area contributed by atoms with Gasteiger partial charge in [0.1, 0.15) is 5.75 Å². The van der Waals surface area contributed by atoms with Crippen molar-refractivity contribution in [3.63, 3.8) is 0 Å². The van der Waals surface area contributed by atoms with Crippen LogP contribution in [-0.2, 0) is 0 Å². The molecule has 0 amide bonds. The first kappa shape index (κ1) is 37.2. The van der Waals surface area contributed by atoms with Crippen molar-refractivity contribution < 1.29 is 17.9 Å². The third-order valence-corrected chi connectivity index (χ3v) is 8.55. The van der Waals surface area contributed by atoms with Gasteiger partial charge in [-0.3, -0.25) is 0 Å². The summed E-state index contributed by atoms with van der Waals surface area (Å²) in [4.78, 5) is 5.42. The zero-order valence-electron chi connectivity index (χ0n) is 27.5. The molecular formula is C35H59F3N2O. The maximum atomic E-state index is 11.6. The minimum atomic E-state index is -4.60. The fourth-order valence-electron chi connectivity index (χ4n) is 5.48. The third kappa shape index (κ3) is 14.8. The molecule has 0 aromatic heterocycles. The van der Waals surface area contributed by atoms with Crippen LogP contribution in [0, 0.1) is 24.7 Å². The normalized spacial score (nSPS) is 20.7. The first-order valence-corrected chi connectivity index (χ1v) is 16.1. The van der Waals surface area contributed by atoms with Crippen LogP contribution >= 0.6 is 0 Å². The lowest BCUT2D eigenvalue weighted by atomic mass is 9.83. The van der Waals surface area contributed by atoms with Crippen molar-refractivity contribution in [1.29, 1.82) is 0 Å². The van der Waals surface area contributed by atoms with E-state index < -0.39 is 6.36 Å². The van der Waals surface area contributed by atoms with Gasteiger partial charge in [-0.2, -0.15) is 0 Å². The number of likely N-dealkylation sites (tertiary alicyclic amines) is 2. The highest BCUT2D eigenvalue weighted by Gasteiger charge is 2.31. The molecule has 0 aliphatic carbocycles. The Morgan fingerprint density at radius 3 is 2.07 bits per heavy atom. The van der Waals surface area contributed by atoms with Gasteiger partial charge in [-0.15, -0.1) is 13.2 Å². The summed E-state index contributed by atoms with van der Waals surface area (Å²) in [5.41, 5.74) is 5.74. The molecule has 0 radical (unpaired) electrons. The molecule has 3 rings (SSSR count). The van der Waals surface area contributed by atoms with Crippen LogP contribution in [0.3, 0.4) is 0 Å². The molecule has 2 aliphatic heterocycles. The van der Waals surface area contributed by atoms with Crippen LogP contribution in [0.15, 0.2) is 47.1 Å². The molecular weight excluding hydrogens is 521 g/mol. The average molecular weight is 581 g/mol. The summed E-state index contributed by atoms with van der Waals surface area (Å²) in [5.74, 6) is 2.19. The van der Waals surface area contributed by atoms with Gasteiger partial charge in [-0.1, -0.05) is 76.5 Å². The summed E-state index contributed by atoms with van der Waals surface area (Å²) in [6.45, 7) is 27.6. The highest BCUT2D eigenvalue weighted by molar-refractivity contribution is 5.31. The lowest BCUT2D eigenvalue weighted by Crippen LogP contribution is -2.42. The van der Waals surface area contributed by atoms with Gasteiger partial charge in [0.15, 0.2) is 0 Å². The largest absolute Gasteiger partial charge is 0.573 e. The van der Waals surface area contributed by atoms with Gasteiger partial charge in [0.05, 0.1) is 0 Å². The molecule has 2 saturated heterocycles. The molecule has 2 fully saturated rings. The second-order valence-corrected chi connectivity index (χ2v) is 11.8. The van der Waals surface area contributed by atoms with E-state index in [1.54, 1.807) is 35.8 Å². The van der Waals surface area contributed by atoms with Gasteiger partial charge >= 0.3 is 6.36 Å². The Morgan fingerprint density at radius 1 is 0.976 bits per heavy atom. The van der Waals surface area contributed by atoms with Crippen LogP contribution < -0.4 is 4.74 Å². The van der Waals surface area contributed by atoms with Gasteiger partial charge in [0.2, 0.25) is 0 Å². The van der Waals surface area contributed by atoms with Gasteiger partial charge < -0.3 is 14.5 Å². The van der Waals surface area contributed by atoms with E-state index in [0.29, 0.717) is 5.92 Å². The van der Waals surface area contributed by atoms with Crippen LogP contribution in [0.25, 0.3) is 0 Å². The lowest BCUT2D eigenvalue weighted by Gasteiger charge is -2.36. The molecule has 6 heteroatoms. The Kier molecular flexibility index (Phi) is 17.6. The number of allylic oxidation sites excluding steroid dienone is 4. The molecule has 0 saturated carbocycles. The van der Waals surface area contributed by atoms with E-state index in [2.05, 4.69) is 62.2 Å². The first-order chi connectivity index (χ1) is 19.4. The van der Waals surface area contributed by atoms with Gasteiger partial charge in [-0.05, 0) is 114 Å². The molecule has 236 valence electrons. The number of hydrogen-bond acceptors (Lipinski definition) is 3. The lowest BCUT2D eigenvalue weighted by molar-refractivity contribution is -0.274. The minimum Gasteiger partial charge on any atom is -0.406 e. The van der Waals surface area contributed by atoms with Crippen LogP contribution in [0.2, 0.25) is 0 Å². The number of halogens is 3. The Labute approximate surface area is 250 Å². The number of alkyl halides is 3. The number of rotatable bonds is 9. The summed E-state index contributed by atoms with van der Waals surface area (Å²) in [7, 11) is 0. The molecule has 41 heavy (non-hydrogen) atoms. The molecule has 0 N–H and O–H groups in total. The highest BCUT2D eigenvalue weighted by Crippen LogP contribution is 2.31. The predicted molar refractivity (Wildman–Crippen MR) is 169 cm³/mol. The maximum Gasteiger partial charge on any atom is 0.573 e. The minimum absolute atomic E-state index is 0.187. The molecule has 2 aliphatic rings. The number of aryl methyl sites for hydroxylation is 1. The van der Waals surface area contributed by atoms with Crippen LogP contribution in [0.5, 0.6) is 5.75 Å². The summed E-state index contributed by atoms with van der Waals surface area (Å²) in [6.07, 6.45) is 5.90. The standard InChI is InChI=1S/C25H46N2.C8H7F3O.C2H6/c1-7-21(4)23(6)18-25(22(5)8-2)24-11-14-26(15-12-24)16-17-27-13-9-10-20(3)19-27;1-6-2-4-7(5-3-6)12-8(9,10)11;1-2/h18,20-21,24H,7-17,19H2,1-6H3;2-5H,1H3;1-2H3/b23-18-,25-22?;;. The number of benzene rings is 1. The molecule has 2 atom stereocenters. The van der Waals surface area contributed by atoms with E-state index in [1.165, 1.54) is 89.9 Å². The van der Waals surface area contributed by atoms with Crippen molar-refractivity contribution in [2.45, 2.75) is 107 Å². The van der Waals surface area contributed by atoms with E-state index in [4.69, 9.17) is 0 Å². The van der Waals surface area contributed by atoms with Crippen molar-refractivity contribution in [2.75, 3.05) is 39.3 Å². The van der Waals surface area contributed by atoms with Crippen molar-refractivity contribution >= 4 is 0 Å². The molecule has 2 heterocycles. The van der Waals surface area contributed by atoms with E-state index in [0.717, 1.165) is 17.4 Å². The Bertz CT molecular complexity index is 899. The topological polar surface area (TPSA) is 15.7 Å². The number of nitrogens with zero attached hydrogens (tertiary/aromatic N) is 2. The summed E-state index contributed by atoms with van der Waals surface area (Å²) < 4.78 is 38.5. The van der Waals surface area contributed by atoms with Gasteiger partial charge in [0, 0.05) is 19.6 Å². The average Bonchev–Trinajstić information content (AvgIpc) is 2.96. The monoisotopic (exact) mass is 580 g/mol. The van der Waals surface area contributed by atoms with Gasteiger partial charge in [0.25, 0.3) is 0 Å². The summed E-state index contributed by atoms with van der Waals surface area (Å²) >= 11 is 0. The number of piperidine rings is 2. The van der Waals surface area contributed by atoms with E-state index in [-0.39, 0.29) is 5.75 Å². The van der Waals surface area contributed by atoms with Crippen LogP contribution in [0.4, 0.5) is 13.2 Å². The van der Waals surface area contributed by atoms with Crippen molar-refractivity contribution in [3.8, 4) is 5.75 Å². The SMILES string of the molecule is CC.CCC(C)=C(/C=C(/C)C(C)CC)C1CCN(CCN2CCCC(C)C2)CC1.Cc1ccc(OC(F)(F)F)cc1. The molecule has 0 spiro atoms. The van der Waals surface area contributed by atoms with Crippen LogP contribution in [-0.4, -0.2) is 55.4 Å². The Balaban J connectivity index is 0.000000500. The summed E-state index contributed by atoms with van der Waals surface area (Å²) in [6, 6.07) is 5.67. The van der Waals surface area contributed by atoms with Crippen molar-refractivity contribution in [3.05, 3.63) is 52.6 Å². The van der Waals surface area contributed by atoms with E-state index in [9.17, 15) is 13.2 Å². The highest BCUT2D eigenvalue weighted by atomic mass is 19.4. The van der Waals surface area contributed by atoms with Crippen LogP contribution in [0.1, 0.15) is 99.5 Å². The Hall–Kier alpha value is -1.79. The van der Waals surface area contributed by atoms with Crippen molar-refractivity contribution in [2.24, 2.45) is 17.8 Å². The zero-order valence-corrected chi connectivity index (χ0v) is 27.5. The van der Waals surface area contributed by atoms with Crippen molar-refractivity contribution in [1.82, 2.24) is 9.80 Å². The molecule has 0 bridgehead atoms. The smallest absolute Gasteiger partial charge is 0.406 e. The quantitative estimate of drug-likeness (QED) is 0.270. The number of hydrogen-bond donors (Lipinski definition) is 0. The number of ether oxygens (including phenoxy) is 1.